The summed E-state index contributed by atoms with van der Waals surface area (Å²) >= 11 is 0. The van der Waals surface area contributed by atoms with Crippen molar-refractivity contribution >= 4 is 27.5 Å². The van der Waals surface area contributed by atoms with E-state index >= 15 is 0 Å². The van der Waals surface area contributed by atoms with Gasteiger partial charge in [-0.05, 0) is 68.1 Å². The van der Waals surface area contributed by atoms with Crippen molar-refractivity contribution in [2.45, 2.75) is 75.9 Å². The van der Waals surface area contributed by atoms with Gasteiger partial charge in [0.2, 0.25) is 11.8 Å². The van der Waals surface area contributed by atoms with Crippen molar-refractivity contribution in [2.24, 2.45) is 0 Å². The van der Waals surface area contributed by atoms with E-state index in [0.717, 1.165) is 35.6 Å². The van der Waals surface area contributed by atoms with E-state index in [1.165, 1.54) is 23.5 Å². The van der Waals surface area contributed by atoms with E-state index in [1.54, 1.807) is 42.5 Å². The third kappa shape index (κ3) is 7.91. The van der Waals surface area contributed by atoms with Gasteiger partial charge in [0.05, 0.1) is 17.2 Å². The molecule has 0 saturated heterocycles. The fourth-order valence-electron chi connectivity index (χ4n) is 5.37. The summed E-state index contributed by atoms with van der Waals surface area (Å²) in [6.07, 6.45) is 5.56. The van der Waals surface area contributed by atoms with Gasteiger partial charge < -0.3 is 15.0 Å². The van der Waals surface area contributed by atoms with E-state index in [2.05, 4.69) is 5.32 Å². The number of amides is 2. The Hall–Kier alpha value is -3.85. The van der Waals surface area contributed by atoms with Gasteiger partial charge >= 0.3 is 0 Å². The van der Waals surface area contributed by atoms with Gasteiger partial charge in [-0.3, -0.25) is 13.9 Å². The minimum Gasteiger partial charge on any atom is -0.494 e. The van der Waals surface area contributed by atoms with Gasteiger partial charge in [0, 0.05) is 12.6 Å². The Morgan fingerprint density at radius 3 is 2.10 bits per heavy atom. The largest absolute Gasteiger partial charge is 0.494 e. The number of nitrogens with one attached hydrogen (secondary N) is 1. The molecule has 1 aliphatic carbocycles. The van der Waals surface area contributed by atoms with Crippen LogP contribution in [0.2, 0.25) is 0 Å². The highest BCUT2D eigenvalue weighted by Gasteiger charge is 2.34. The molecular formula is C33H41N3O5S. The van der Waals surface area contributed by atoms with Crippen LogP contribution in [-0.2, 0) is 26.2 Å². The molecule has 1 N–H and O–H groups in total. The van der Waals surface area contributed by atoms with Crippen molar-refractivity contribution in [1.82, 2.24) is 10.2 Å². The number of benzene rings is 3. The number of rotatable bonds is 13. The molecule has 3 aromatic rings. The van der Waals surface area contributed by atoms with Crippen LogP contribution >= 0.6 is 0 Å². The maximum absolute atomic E-state index is 14.2. The Morgan fingerprint density at radius 1 is 0.881 bits per heavy atom. The number of anilines is 1. The standard InChI is InChI=1S/C33H41N3O5S/c1-3-31(33(38)34-27-16-10-6-11-17-27)35(24-26-14-8-5-9-15-26)32(37)25-36(28-20-22-29(23-21-28)41-4-2)42(39,40)30-18-12-7-13-19-30/h5,7-9,12-15,18-23,27,31H,3-4,6,10-11,16-17,24-25H2,1-2H3,(H,34,38)/t31-/m0/s1. The van der Waals surface area contributed by atoms with Gasteiger partial charge in [-0.2, -0.15) is 0 Å². The first-order valence-corrected chi connectivity index (χ1v) is 16.2. The minimum atomic E-state index is -4.11. The number of carbonyl (C=O) groups excluding carboxylic acids is 2. The van der Waals surface area contributed by atoms with E-state index in [-0.39, 0.29) is 23.4 Å². The summed E-state index contributed by atoms with van der Waals surface area (Å²) in [5.41, 5.74) is 1.18. The average molecular weight is 592 g/mol. The molecule has 0 aliphatic heterocycles. The molecule has 0 heterocycles. The van der Waals surface area contributed by atoms with Crippen molar-refractivity contribution in [3.63, 3.8) is 0 Å². The molecule has 0 aromatic heterocycles. The first-order chi connectivity index (χ1) is 20.3. The van der Waals surface area contributed by atoms with Crippen LogP contribution in [0, 0.1) is 0 Å². The molecule has 0 spiro atoms. The maximum atomic E-state index is 14.2. The van der Waals surface area contributed by atoms with Crippen molar-refractivity contribution in [1.29, 1.82) is 0 Å². The Labute approximate surface area is 249 Å². The molecule has 8 nitrogen and oxygen atoms in total. The zero-order chi connectivity index (χ0) is 30.0. The first kappa shape index (κ1) is 31.1. The summed E-state index contributed by atoms with van der Waals surface area (Å²) in [6.45, 7) is 3.93. The van der Waals surface area contributed by atoms with Crippen molar-refractivity contribution in [3.05, 3.63) is 90.5 Å². The highest BCUT2D eigenvalue weighted by atomic mass is 32.2. The SMILES string of the molecule is CCOc1ccc(N(CC(=O)N(Cc2ccccc2)[C@@H](CC)C(=O)NC2CCCCC2)S(=O)(=O)c2ccccc2)cc1. The Balaban J connectivity index is 1.68. The van der Waals surface area contributed by atoms with Crippen LogP contribution in [-0.4, -0.2) is 50.4 Å². The molecule has 2 amide bonds. The number of hydrogen-bond acceptors (Lipinski definition) is 5. The zero-order valence-electron chi connectivity index (χ0n) is 24.4. The quantitative estimate of drug-likeness (QED) is 0.282. The molecule has 0 unspecified atom stereocenters. The van der Waals surface area contributed by atoms with Crippen LogP contribution in [0.15, 0.2) is 89.8 Å². The van der Waals surface area contributed by atoms with Gasteiger partial charge in [0.25, 0.3) is 10.0 Å². The summed E-state index contributed by atoms with van der Waals surface area (Å²) in [6, 6.07) is 23.5. The zero-order valence-corrected chi connectivity index (χ0v) is 25.3. The predicted molar refractivity (Wildman–Crippen MR) is 165 cm³/mol. The second-order valence-corrected chi connectivity index (χ2v) is 12.4. The number of sulfonamides is 1. The summed E-state index contributed by atoms with van der Waals surface area (Å²) in [5, 5.41) is 3.17. The average Bonchev–Trinajstić information content (AvgIpc) is 3.01. The third-order valence-corrected chi connectivity index (χ3v) is 9.37. The number of hydrogen-bond donors (Lipinski definition) is 1. The highest BCUT2D eigenvalue weighted by molar-refractivity contribution is 7.92. The molecule has 1 saturated carbocycles. The van der Waals surface area contributed by atoms with E-state index in [4.69, 9.17) is 4.74 Å². The molecule has 0 bridgehead atoms. The predicted octanol–water partition coefficient (Wildman–Crippen LogP) is 5.54. The van der Waals surface area contributed by atoms with E-state index in [9.17, 15) is 18.0 Å². The third-order valence-electron chi connectivity index (χ3n) is 7.58. The second-order valence-electron chi connectivity index (χ2n) is 10.5. The molecule has 1 fully saturated rings. The Morgan fingerprint density at radius 2 is 1.50 bits per heavy atom. The summed E-state index contributed by atoms with van der Waals surface area (Å²) in [7, 11) is -4.11. The van der Waals surface area contributed by atoms with E-state index < -0.39 is 28.5 Å². The number of nitrogens with zero attached hydrogens (tertiary/aromatic N) is 2. The van der Waals surface area contributed by atoms with Crippen LogP contribution in [0.1, 0.15) is 57.9 Å². The molecule has 1 aliphatic rings. The lowest BCUT2D eigenvalue weighted by molar-refractivity contribution is -0.140. The fourth-order valence-corrected chi connectivity index (χ4v) is 6.80. The lowest BCUT2D eigenvalue weighted by Crippen LogP contribution is -2.54. The first-order valence-electron chi connectivity index (χ1n) is 14.8. The van der Waals surface area contributed by atoms with Crippen LogP contribution in [0.5, 0.6) is 5.75 Å². The molecule has 4 rings (SSSR count). The van der Waals surface area contributed by atoms with E-state index in [0.29, 0.717) is 24.5 Å². The molecule has 0 radical (unpaired) electrons. The number of carbonyl (C=O) groups is 2. The van der Waals surface area contributed by atoms with Crippen LogP contribution in [0.3, 0.4) is 0 Å². The monoisotopic (exact) mass is 591 g/mol. The lowest BCUT2D eigenvalue weighted by Gasteiger charge is -2.34. The van der Waals surface area contributed by atoms with Gasteiger partial charge in [-0.1, -0.05) is 74.7 Å². The number of ether oxygens (including phenoxy) is 1. The second kappa shape index (κ2) is 14.9. The van der Waals surface area contributed by atoms with Crippen molar-refractivity contribution in [3.8, 4) is 5.75 Å². The van der Waals surface area contributed by atoms with Gasteiger partial charge in [-0.25, -0.2) is 8.42 Å². The summed E-state index contributed by atoms with van der Waals surface area (Å²) in [4.78, 5) is 29.4. The highest BCUT2D eigenvalue weighted by Crippen LogP contribution is 2.27. The Bertz CT molecular complexity index is 1390. The van der Waals surface area contributed by atoms with Crippen LogP contribution in [0.4, 0.5) is 5.69 Å². The van der Waals surface area contributed by atoms with Gasteiger partial charge in [0.1, 0.15) is 18.3 Å². The maximum Gasteiger partial charge on any atom is 0.264 e. The summed E-state index contributed by atoms with van der Waals surface area (Å²) < 4.78 is 34.5. The smallest absolute Gasteiger partial charge is 0.264 e. The molecular weight excluding hydrogens is 550 g/mol. The van der Waals surface area contributed by atoms with Crippen molar-refractivity contribution < 1.29 is 22.7 Å². The van der Waals surface area contributed by atoms with Crippen LogP contribution < -0.4 is 14.4 Å². The van der Waals surface area contributed by atoms with Gasteiger partial charge in [-0.15, -0.1) is 0 Å². The molecule has 3 aromatic carbocycles. The normalized spacial score (nSPS) is 14.5. The van der Waals surface area contributed by atoms with E-state index in [1.807, 2.05) is 44.2 Å². The molecule has 224 valence electrons. The lowest BCUT2D eigenvalue weighted by atomic mass is 9.95. The van der Waals surface area contributed by atoms with Gasteiger partial charge in [0.15, 0.2) is 0 Å². The molecule has 42 heavy (non-hydrogen) atoms. The topological polar surface area (TPSA) is 96.0 Å². The molecule has 1 atom stereocenters. The van der Waals surface area contributed by atoms with Crippen molar-refractivity contribution in [2.75, 3.05) is 17.5 Å². The molecule has 9 heteroatoms. The Kier molecular flexibility index (Phi) is 11.0. The fraction of sp³-hybridized carbons (Fsp3) is 0.394. The minimum absolute atomic E-state index is 0.0726. The van der Waals surface area contributed by atoms with Crippen LogP contribution in [0.25, 0.3) is 0 Å². The summed E-state index contributed by atoms with van der Waals surface area (Å²) in [5.74, 6) is -0.0640.